The molecule has 0 saturated carbocycles. The number of carbonyl (C=O) groups is 1. The second-order valence-corrected chi connectivity index (χ2v) is 4.98. The van der Waals surface area contributed by atoms with Gasteiger partial charge in [0.15, 0.2) is 0 Å². The zero-order valence-corrected chi connectivity index (χ0v) is 10.3. The average molecular weight is 267 g/mol. The summed E-state index contributed by atoms with van der Waals surface area (Å²) < 4.78 is 0.652. The van der Waals surface area contributed by atoms with Crippen LogP contribution in [-0.4, -0.2) is 25.0 Å². The molecule has 2 heterocycles. The summed E-state index contributed by atoms with van der Waals surface area (Å²) in [5, 5.41) is 6.16. The molecule has 1 fully saturated rings. The summed E-state index contributed by atoms with van der Waals surface area (Å²) in [5.74, 6) is -0.0180. The molecule has 3 nitrogen and oxygen atoms in total. The molecule has 0 spiro atoms. The smallest absolute Gasteiger partial charge is 0.261 e. The predicted octanol–water partition coefficient (Wildman–Crippen LogP) is 1.91. The third kappa shape index (κ3) is 3.34. The predicted molar refractivity (Wildman–Crippen MR) is 65.3 cm³/mol. The third-order valence-electron chi connectivity index (χ3n) is 2.19. The van der Waals surface area contributed by atoms with Crippen molar-refractivity contribution in [2.45, 2.75) is 12.5 Å². The molecule has 15 heavy (non-hydrogen) atoms. The molecule has 1 aliphatic heterocycles. The molecule has 0 bridgehead atoms. The summed E-state index contributed by atoms with van der Waals surface area (Å²) in [6, 6.07) is 3.77. The summed E-state index contributed by atoms with van der Waals surface area (Å²) >= 11 is 7.06. The Morgan fingerprint density at radius 1 is 1.60 bits per heavy atom. The van der Waals surface area contributed by atoms with Crippen LogP contribution in [-0.2, 0) is 0 Å². The first-order valence-corrected chi connectivity index (χ1v) is 5.72. The van der Waals surface area contributed by atoms with E-state index in [1.165, 1.54) is 11.3 Å². The molecule has 0 radical (unpaired) electrons. The highest BCUT2D eigenvalue weighted by Gasteiger charge is 2.18. The lowest BCUT2D eigenvalue weighted by Crippen LogP contribution is -2.35. The topological polar surface area (TPSA) is 41.1 Å². The van der Waals surface area contributed by atoms with Crippen LogP contribution in [0.25, 0.3) is 0 Å². The maximum absolute atomic E-state index is 11.6. The van der Waals surface area contributed by atoms with Crippen LogP contribution < -0.4 is 10.6 Å². The standard InChI is InChI=1S/C9H11ClN2OS.ClH/c10-8-2-1-7(14-8)9(13)12-6-3-4-11-5-6;/h1-2,6,11H,3-5H2,(H,12,13);1H. The molecule has 84 valence electrons. The van der Waals surface area contributed by atoms with E-state index in [1.54, 1.807) is 12.1 Å². The van der Waals surface area contributed by atoms with Gasteiger partial charge in [-0.15, -0.1) is 23.7 Å². The minimum atomic E-state index is -0.0180. The Balaban J connectivity index is 0.00000112. The summed E-state index contributed by atoms with van der Waals surface area (Å²) in [6.45, 7) is 1.85. The zero-order chi connectivity index (χ0) is 9.97. The van der Waals surface area contributed by atoms with Crippen molar-refractivity contribution in [3.05, 3.63) is 21.3 Å². The molecule has 6 heteroatoms. The molecule has 1 saturated heterocycles. The first-order chi connectivity index (χ1) is 6.75. The number of hydrogen-bond acceptors (Lipinski definition) is 3. The molecule has 1 aliphatic rings. The maximum Gasteiger partial charge on any atom is 0.261 e. The molecule has 1 aromatic rings. The van der Waals surface area contributed by atoms with E-state index in [9.17, 15) is 4.79 Å². The Kier molecular flexibility index (Phi) is 4.86. The van der Waals surface area contributed by atoms with E-state index in [0.717, 1.165) is 19.5 Å². The number of amides is 1. The van der Waals surface area contributed by atoms with Gasteiger partial charge in [-0.2, -0.15) is 0 Å². The summed E-state index contributed by atoms with van der Waals surface area (Å²) in [7, 11) is 0. The van der Waals surface area contributed by atoms with Gasteiger partial charge in [-0.05, 0) is 25.1 Å². The third-order valence-corrected chi connectivity index (χ3v) is 3.42. The molecular weight excluding hydrogens is 255 g/mol. The van der Waals surface area contributed by atoms with Gasteiger partial charge in [0.25, 0.3) is 5.91 Å². The normalized spacial score (nSPS) is 19.7. The SMILES string of the molecule is Cl.O=C(NC1CCNC1)c1ccc(Cl)s1. The van der Waals surface area contributed by atoms with Crippen LogP contribution in [0.2, 0.25) is 4.34 Å². The van der Waals surface area contributed by atoms with Gasteiger partial charge < -0.3 is 10.6 Å². The average Bonchev–Trinajstić information content (AvgIpc) is 2.75. The van der Waals surface area contributed by atoms with Crippen LogP contribution in [0.3, 0.4) is 0 Å². The highest BCUT2D eigenvalue weighted by Crippen LogP contribution is 2.21. The Morgan fingerprint density at radius 3 is 2.93 bits per heavy atom. The Bertz CT molecular complexity index is 337. The van der Waals surface area contributed by atoms with Crippen LogP contribution in [0.4, 0.5) is 0 Å². The Hall–Kier alpha value is -0.290. The molecule has 2 rings (SSSR count). The van der Waals surface area contributed by atoms with Gasteiger partial charge in [-0.25, -0.2) is 0 Å². The molecule has 1 amide bonds. The summed E-state index contributed by atoms with van der Waals surface area (Å²) in [4.78, 5) is 12.3. The molecule has 1 unspecified atom stereocenters. The second-order valence-electron chi connectivity index (χ2n) is 3.27. The van der Waals surface area contributed by atoms with Gasteiger partial charge in [0.2, 0.25) is 0 Å². The van der Waals surface area contributed by atoms with E-state index >= 15 is 0 Å². The van der Waals surface area contributed by atoms with E-state index in [-0.39, 0.29) is 24.4 Å². The van der Waals surface area contributed by atoms with Gasteiger partial charge in [-0.3, -0.25) is 4.79 Å². The summed E-state index contributed by atoms with van der Waals surface area (Å²) in [5.41, 5.74) is 0. The highest BCUT2D eigenvalue weighted by atomic mass is 35.5. The summed E-state index contributed by atoms with van der Waals surface area (Å²) in [6.07, 6.45) is 1.00. The van der Waals surface area contributed by atoms with Gasteiger partial charge in [0.05, 0.1) is 9.21 Å². The van der Waals surface area contributed by atoms with E-state index in [4.69, 9.17) is 11.6 Å². The number of thiophene rings is 1. The fourth-order valence-corrected chi connectivity index (χ4v) is 2.42. The monoisotopic (exact) mass is 266 g/mol. The first-order valence-electron chi connectivity index (χ1n) is 4.52. The van der Waals surface area contributed by atoms with Gasteiger partial charge >= 0.3 is 0 Å². The van der Waals surface area contributed by atoms with Crippen molar-refractivity contribution in [3.63, 3.8) is 0 Å². The lowest BCUT2D eigenvalue weighted by Gasteiger charge is -2.09. The minimum absolute atomic E-state index is 0. The van der Waals surface area contributed by atoms with Crippen LogP contribution >= 0.6 is 35.3 Å². The Labute approximate surface area is 104 Å². The largest absolute Gasteiger partial charge is 0.347 e. The first kappa shape index (κ1) is 12.8. The fourth-order valence-electron chi connectivity index (χ4n) is 1.47. The van der Waals surface area contributed by atoms with Crippen molar-refractivity contribution in [1.29, 1.82) is 0 Å². The lowest BCUT2D eigenvalue weighted by molar-refractivity contribution is 0.0944. The van der Waals surface area contributed by atoms with Crippen LogP contribution in [0, 0.1) is 0 Å². The lowest BCUT2D eigenvalue weighted by atomic mass is 10.2. The van der Waals surface area contributed by atoms with Crippen LogP contribution in [0.1, 0.15) is 16.1 Å². The second kappa shape index (κ2) is 5.70. The number of rotatable bonds is 2. The molecule has 1 atom stereocenters. The van der Waals surface area contributed by atoms with Crippen molar-refractivity contribution in [2.75, 3.05) is 13.1 Å². The van der Waals surface area contributed by atoms with Crippen LogP contribution in [0.15, 0.2) is 12.1 Å². The van der Waals surface area contributed by atoms with E-state index in [1.807, 2.05) is 0 Å². The number of halogens is 2. The quantitative estimate of drug-likeness (QED) is 0.859. The van der Waals surface area contributed by atoms with Gasteiger partial charge in [0, 0.05) is 12.6 Å². The molecular formula is C9H12Cl2N2OS. The van der Waals surface area contributed by atoms with E-state index in [0.29, 0.717) is 9.21 Å². The number of hydrogen-bond donors (Lipinski definition) is 2. The molecule has 0 aliphatic carbocycles. The number of carbonyl (C=O) groups excluding carboxylic acids is 1. The fraction of sp³-hybridized carbons (Fsp3) is 0.444. The van der Waals surface area contributed by atoms with Crippen molar-refractivity contribution in [3.8, 4) is 0 Å². The van der Waals surface area contributed by atoms with Crippen LogP contribution in [0.5, 0.6) is 0 Å². The molecule has 2 N–H and O–H groups in total. The maximum atomic E-state index is 11.6. The molecule has 0 aromatic carbocycles. The zero-order valence-electron chi connectivity index (χ0n) is 7.96. The van der Waals surface area contributed by atoms with Crippen molar-refractivity contribution in [2.24, 2.45) is 0 Å². The van der Waals surface area contributed by atoms with E-state index in [2.05, 4.69) is 10.6 Å². The molecule has 1 aromatic heterocycles. The van der Waals surface area contributed by atoms with Crippen molar-refractivity contribution in [1.82, 2.24) is 10.6 Å². The van der Waals surface area contributed by atoms with Gasteiger partial charge in [-0.1, -0.05) is 11.6 Å². The highest BCUT2D eigenvalue weighted by molar-refractivity contribution is 7.17. The van der Waals surface area contributed by atoms with Gasteiger partial charge in [0.1, 0.15) is 0 Å². The van der Waals surface area contributed by atoms with E-state index < -0.39 is 0 Å². The Morgan fingerprint density at radius 2 is 2.40 bits per heavy atom. The van der Waals surface area contributed by atoms with Crippen molar-refractivity contribution >= 4 is 41.3 Å². The van der Waals surface area contributed by atoms with Crippen molar-refractivity contribution < 1.29 is 4.79 Å². The number of nitrogens with one attached hydrogen (secondary N) is 2. The minimum Gasteiger partial charge on any atom is -0.347 e.